The Kier molecular flexibility index (Phi) is 5.57. The van der Waals surface area contributed by atoms with Crippen molar-refractivity contribution in [1.29, 1.82) is 0 Å². The van der Waals surface area contributed by atoms with Crippen LogP contribution in [0, 0.1) is 0 Å². The summed E-state index contributed by atoms with van der Waals surface area (Å²) >= 11 is 6.36. The normalized spacial score (nSPS) is 20.0. The van der Waals surface area contributed by atoms with E-state index in [-0.39, 0.29) is 24.4 Å². The molecule has 1 aromatic carbocycles. The van der Waals surface area contributed by atoms with Gasteiger partial charge in [-0.3, -0.25) is 4.79 Å². The predicted molar refractivity (Wildman–Crippen MR) is 99.4 cm³/mol. The molecule has 1 amide bonds. The summed E-state index contributed by atoms with van der Waals surface area (Å²) in [5.74, 6) is 1.18. The quantitative estimate of drug-likeness (QED) is 0.890. The van der Waals surface area contributed by atoms with Gasteiger partial charge >= 0.3 is 0 Å². The van der Waals surface area contributed by atoms with Crippen molar-refractivity contribution in [2.45, 2.75) is 24.8 Å². The monoisotopic (exact) mass is 378 g/mol. The highest BCUT2D eigenvalue weighted by molar-refractivity contribution is 6.31. The Bertz CT molecular complexity index is 766. The molecule has 1 saturated heterocycles. The fourth-order valence-corrected chi connectivity index (χ4v) is 3.41. The second kappa shape index (κ2) is 7.68. The van der Waals surface area contributed by atoms with Gasteiger partial charge in [0, 0.05) is 36.8 Å². The highest BCUT2D eigenvalue weighted by Crippen LogP contribution is 2.38. The van der Waals surface area contributed by atoms with E-state index in [4.69, 9.17) is 11.6 Å². The largest absolute Gasteiger partial charge is 0.328 e. The van der Waals surface area contributed by atoms with Gasteiger partial charge in [-0.05, 0) is 30.5 Å². The zero-order valence-corrected chi connectivity index (χ0v) is 15.3. The molecule has 1 N–H and O–H groups in total. The van der Waals surface area contributed by atoms with Crippen molar-refractivity contribution in [3.8, 4) is 0 Å². The summed E-state index contributed by atoms with van der Waals surface area (Å²) in [5.41, 5.74) is 1.45. The molecule has 1 unspecified atom stereocenters. The molecule has 5 nitrogen and oxygen atoms in total. The number of carbonyl (C=O) groups excluding carboxylic acids is 1. The molecule has 0 bridgehead atoms. The van der Waals surface area contributed by atoms with Crippen molar-refractivity contribution >= 4 is 29.9 Å². The van der Waals surface area contributed by atoms with Crippen molar-refractivity contribution in [3.05, 3.63) is 58.6 Å². The third-order valence-electron chi connectivity index (χ3n) is 4.60. The minimum atomic E-state index is -0.0840. The first kappa shape index (κ1) is 18.1. The van der Waals surface area contributed by atoms with Gasteiger partial charge in [0.05, 0.1) is 6.04 Å². The van der Waals surface area contributed by atoms with E-state index >= 15 is 0 Å². The summed E-state index contributed by atoms with van der Waals surface area (Å²) in [5, 5.41) is 4.04. The van der Waals surface area contributed by atoms with Crippen LogP contribution in [-0.4, -0.2) is 40.4 Å². The van der Waals surface area contributed by atoms with E-state index in [9.17, 15) is 4.79 Å². The number of carbonyl (C=O) groups is 1. The third-order valence-corrected chi connectivity index (χ3v) is 4.95. The summed E-state index contributed by atoms with van der Waals surface area (Å²) in [7, 11) is 0. The summed E-state index contributed by atoms with van der Waals surface area (Å²) < 4.78 is 0. The van der Waals surface area contributed by atoms with E-state index < -0.39 is 0 Å². The topological polar surface area (TPSA) is 58.1 Å². The van der Waals surface area contributed by atoms with Crippen LogP contribution in [0.15, 0.2) is 36.5 Å². The smallest absolute Gasteiger partial charge is 0.273 e. The highest BCUT2D eigenvalue weighted by Gasteiger charge is 2.32. The molecule has 2 aliphatic rings. The molecule has 1 aromatic heterocycles. The van der Waals surface area contributed by atoms with Crippen molar-refractivity contribution < 1.29 is 4.79 Å². The van der Waals surface area contributed by atoms with Gasteiger partial charge in [-0.25, -0.2) is 9.97 Å². The molecule has 4 rings (SSSR count). The number of hydrogen-bond acceptors (Lipinski definition) is 4. The molecule has 2 aromatic rings. The number of rotatable bonds is 3. The Morgan fingerprint density at radius 1 is 1.24 bits per heavy atom. The molecule has 0 spiro atoms. The number of benzene rings is 1. The van der Waals surface area contributed by atoms with Crippen LogP contribution in [0.4, 0.5) is 0 Å². The fourth-order valence-electron chi connectivity index (χ4n) is 3.15. The van der Waals surface area contributed by atoms with Crippen molar-refractivity contribution in [3.63, 3.8) is 0 Å². The minimum absolute atomic E-state index is 0. The van der Waals surface area contributed by atoms with Crippen LogP contribution in [0.3, 0.4) is 0 Å². The van der Waals surface area contributed by atoms with E-state index in [1.165, 1.54) is 0 Å². The maximum atomic E-state index is 13.1. The van der Waals surface area contributed by atoms with E-state index in [0.717, 1.165) is 30.8 Å². The molecule has 2 heterocycles. The van der Waals surface area contributed by atoms with Crippen LogP contribution in [0.2, 0.25) is 5.02 Å². The second-order valence-corrected chi connectivity index (χ2v) is 6.72. The maximum Gasteiger partial charge on any atom is 0.273 e. The lowest BCUT2D eigenvalue weighted by atomic mass is 10.0. The number of halogens is 2. The van der Waals surface area contributed by atoms with Crippen molar-refractivity contribution in [2.75, 3.05) is 19.6 Å². The van der Waals surface area contributed by atoms with Crippen LogP contribution in [0.25, 0.3) is 0 Å². The Labute approximate surface area is 158 Å². The summed E-state index contributed by atoms with van der Waals surface area (Å²) in [4.78, 5) is 23.7. The second-order valence-electron chi connectivity index (χ2n) is 6.31. The summed E-state index contributed by atoms with van der Waals surface area (Å²) in [6.45, 7) is 2.10. The molecule has 0 radical (unpaired) electrons. The molecule has 132 valence electrons. The summed E-state index contributed by atoms with van der Waals surface area (Å²) in [6, 6.07) is 9.33. The lowest BCUT2D eigenvalue weighted by Gasteiger charge is -2.36. The molecule has 25 heavy (non-hydrogen) atoms. The predicted octanol–water partition coefficient (Wildman–Crippen LogP) is 3.22. The van der Waals surface area contributed by atoms with Gasteiger partial charge in [0.2, 0.25) is 0 Å². The average molecular weight is 379 g/mol. The molecule has 1 atom stereocenters. The van der Waals surface area contributed by atoms with Crippen LogP contribution in [0.5, 0.6) is 0 Å². The standard InChI is InChI=1S/C18H19ClN4O.ClH/c19-14-4-2-1-3-13(14)16-11-20-9-10-23(16)18(24)15-7-8-21-17(22-15)12-5-6-12;/h1-4,7-8,12,16,20H,5-6,9-11H2;1H. The van der Waals surface area contributed by atoms with Crippen molar-refractivity contribution in [2.24, 2.45) is 0 Å². The van der Waals surface area contributed by atoms with E-state index in [1.54, 1.807) is 12.3 Å². The van der Waals surface area contributed by atoms with Crippen molar-refractivity contribution in [1.82, 2.24) is 20.2 Å². The van der Waals surface area contributed by atoms with E-state index in [2.05, 4.69) is 15.3 Å². The van der Waals surface area contributed by atoms with Gasteiger partial charge in [-0.1, -0.05) is 29.8 Å². The number of aromatic nitrogens is 2. The Morgan fingerprint density at radius 2 is 2.04 bits per heavy atom. The molecular weight excluding hydrogens is 359 g/mol. The highest BCUT2D eigenvalue weighted by atomic mass is 35.5. The van der Waals surface area contributed by atoms with Crippen LogP contribution in [-0.2, 0) is 0 Å². The van der Waals surface area contributed by atoms with Gasteiger partial charge in [-0.15, -0.1) is 12.4 Å². The molecule has 1 saturated carbocycles. The third kappa shape index (κ3) is 3.78. The minimum Gasteiger partial charge on any atom is -0.328 e. The average Bonchev–Trinajstić information content (AvgIpc) is 3.47. The van der Waals surface area contributed by atoms with Gasteiger partial charge in [-0.2, -0.15) is 0 Å². The summed E-state index contributed by atoms with van der Waals surface area (Å²) in [6.07, 6.45) is 3.93. The van der Waals surface area contributed by atoms with Crippen LogP contribution < -0.4 is 5.32 Å². The Balaban J connectivity index is 0.00000182. The maximum absolute atomic E-state index is 13.1. The van der Waals surface area contributed by atoms with Gasteiger partial charge in [0.25, 0.3) is 5.91 Å². The molecule has 7 heteroatoms. The van der Waals surface area contributed by atoms with E-state index in [1.807, 2.05) is 29.2 Å². The number of nitrogens with zero attached hydrogens (tertiary/aromatic N) is 3. The first-order chi connectivity index (χ1) is 11.7. The number of nitrogens with one attached hydrogen (secondary N) is 1. The zero-order valence-electron chi connectivity index (χ0n) is 13.7. The Hall–Kier alpha value is -1.69. The first-order valence-corrected chi connectivity index (χ1v) is 8.71. The first-order valence-electron chi connectivity index (χ1n) is 8.33. The van der Waals surface area contributed by atoms with Crippen LogP contribution >= 0.6 is 24.0 Å². The van der Waals surface area contributed by atoms with Gasteiger partial charge in [0.1, 0.15) is 11.5 Å². The zero-order chi connectivity index (χ0) is 16.5. The SMILES string of the molecule is Cl.O=C(c1ccnc(C2CC2)n1)N1CCNCC1c1ccccc1Cl. The molecule has 1 aliphatic carbocycles. The molecule has 2 fully saturated rings. The Morgan fingerprint density at radius 3 is 2.80 bits per heavy atom. The number of hydrogen-bond donors (Lipinski definition) is 1. The van der Waals surface area contributed by atoms with Gasteiger partial charge < -0.3 is 10.2 Å². The lowest BCUT2D eigenvalue weighted by Crippen LogP contribution is -2.49. The lowest BCUT2D eigenvalue weighted by molar-refractivity contribution is 0.0628. The molecule has 1 aliphatic heterocycles. The fraction of sp³-hybridized carbons (Fsp3) is 0.389. The van der Waals surface area contributed by atoms with E-state index in [0.29, 0.717) is 29.7 Å². The van der Waals surface area contributed by atoms with Crippen LogP contribution in [0.1, 0.15) is 46.7 Å². The molecular formula is C18H20Cl2N4O. The number of amides is 1. The number of piperazine rings is 1. The van der Waals surface area contributed by atoms with Gasteiger partial charge in [0.15, 0.2) is 0 Å².